The fourth-order valence-electron chi connectivity index (χ4n) is 1.54. The van der Waals surface area contributed by atoms with Gasteiger partial charge < -0.3 is 11.5 Å². The van der Waals surface area contributed by atoms with Gasteiger partial charge in [0.25, 0.3) is 0 Å². The average Bonchev–Trinajstić information content (AvgIpc) is 2.30. The summed E-state index contributed by atoms with van der Waals surface area (Å²) in [5.41, 5.74) is 14.3. The van der Waals surface area contributed by atoms with Gasteiger partial charge in [0.05, 0.1) is 11.4 Å². The van der Waals surface area contributed by atoms with E-state index in [1.54, 1.807) is 18.2 Å². The molecule has 1 aromatic rings. The van der Waals surface area contributed by atoms with Crippen LogP contribution in [-0.4, -0.2) is 0 Å². The predicted octanol–water partition coefficient (Wildman–Crippen LogP) is 2.40. The Morgan fingerprint density at radius 3 is 2.24 bits per heavy atom. The summed E-state index contributed by atoms with van der Waals surface area (Å²) in [6.07, 6.45) is 1.44. The maximum atomic E-state index is 8.68. The molecule has 86 valence electrons. The van der Waals surface area contributed by atoms with E-state index in [4.69, 9.17) is 22.0 Å². The molecule has 0 aliphatic heterocycles. The van der Waals surface area contributed by atoms with Crippen LogP contribution in [-0.2, 0) is 0 Å². The van der Waals surface area contributed by atoms with Crippen molar-refractivity contribution in [2.45, 2.75) is 19.8 Å². The van der Waals surface area contributed by atoms with Crippen LogP contribution in [0.25, 0.3) is 6.08 Å². The topological polar surface area (TPSA) is 99.6 Å². The lowest BCUT2D eigenvalue weighted by molar-refractivity contribution is 0.870. The van der Waals surface area contributed by atoms with Crippen LogP contribution in [0.1, 0.15) is 30.9 Å². The Labute approximate surface area is 101 Å². The number of hydrogen-bond donors (Lipinski definition) is 2. The van der Waals surface area contributed by atoms with Gasteiger partial charge in [-0.3, -0.25) is 0 Å². The number of nitriles is 2. The molecule has 4 nitrogen and oxygen atoms in total. The number of rotatable bonds is 2. The highest BCUT2D eigenvalue weighted by Gasteiger charge is 2.09. The molecule has 17 heavy (non-hydrogen) atoms. The minimum Gasteiger partial charge on any atom is -0.397 e. The van der Waals surface area contributed by atoms with Gasteiger partial charge >= 0.3 is 0 Å². The molecule has 1 aromatic carbocycles. The molecule has 0 amide bonds. The third-order valence-corrected chi connectivity index (χ3v) is 2.52. The summed E-state index contributed by atoms with van der Waals surface area (Å²) in [6, 6.07) is 7.22. The number of anilines is 2. The van der Waals surface area contributed by atoms with E-state index in [2.05, 4.69) is 0 Å². The van der Waals surface area contributed by atoms with Crippen LogP contribution in [0.4, 0.5) is 11.4 Å². The molecule has 0 aliphatic rings. The highest BCUT2D eigenvalue weighted by Crippen LogP contribution is 2.30. The molecule has 0 heterocycles. The average molecular weight is 226 g/mol. The van der Waals surface area contributed by atoms with Gasteiger partial charge in [-0.1, -0.05) is 26.0 Å². The Bertz CT molecular complexity index is 526. The zero-order valence-electron chi connectivity index (χ0n) is 9.86. The lowest BCUT2D eigenvalue weighted by atomic mass is 9.97. The number of benzene rings is 1. The van der Waals surface area contributed by atoms with Crippen molar-refractivity contribution in [3.05, 3.63) is 28.8 Å². The molecular formula is C13H14N4. The molecule has 4 N–H and O–H groups in total. The Morgan fingerprint density at radius 2 is 1.76 bits per heavy atom. The van der Waals surface area contributed by atoms with Gasteiger partial charge in [0.15, 0.2) is 0 Å². The van der Waals surface area contributed by atoms with Crippen LogP contribution in [0.15, 0.2) is 17.7 Å². The molecule has 0 radical (unpaired) electrons. The fraction of sp³-hybridized carbons (Fsp3) is 0.231. The normalized spacial score (nSPS) is 9.47. The third-order valence-electron chi connectivity index (χ3n) is 2.52. The number of allylic oxidation sites excluding steroid dienone is 1. The van der Waals surface area contributed by atoms with Crippen LogP contribution >= 0.6 is 0 Å². The quantitative estimate of drug-likeness (QED) is 0.597. The van der Waals surface area contributed by atoms with Crippen molar-refractivity contribution in [1.82, 2.24) is 0 Å². The monoisotopic (exact) mass is 226 g/mol. The Morgan fingerprint density at radius 1 is 1.18 bits per heavy atom. The van der Waals surface area contributed by atoms with Crippen molar-refractivity contribution < 1.29 is 0 Å². The van der Waals surface area contributed by atoms with Gasteiger partial charge in [-0.25, -0.2) is 0 Å². The highest BCUT2D eigenvalue weighted by molar-refractivity contribution is 5.80. The molecule has 0 saturated carbocycles. The first kappa shape index (κ1) is 12.6. The zero-order chi connectivity index (χ0) is 13.0. The van der Waals surface area contributed by atoms with Gasteiger partial charge in [-0.2, -0.15) is 10.5 Å². The van der Waals surface area contributed by atoms with E-state index in [0.29, 0.717) is 16.9 Å². The van der Waals surface area contributed by atoms with Gasteiger partial charge in [-0.15, -0.1) is 0 Å². The molecule has 0 fully saturated rings. The van der Waals surface area contributed by atoms with Crippen LogP contribution in [0.2, 0.25) is 0 Å². The first-order chi connectivity index (χ1) is 8.01. The Balaban J connectivity index is 3.34. The van der Waals surface area contributed by atoms with Crippen molar-refractivity contribution >= 4 is 17.5 Å². The van der Waals surface area contributed by atoms with Gasteiger partial charge in [-0.05, 0) is 17.6 Å². The second kappa shape index (κ2) is 5.05. The summed E-state index contributed by atoms with van der Waals surface area (Å²) in [7, 11) is 0. The van der Waals surface area contributed by atoms with E-state index in [9.17, 15) is 0 Å². The van der Waals surface area contributed by atoms with Crippen LogP contribution in [0.5, 0.6) is 0 Å². The van der Waals surface area contributed by atoms with Crippen LogP contribution in [0.3, 0.4) is 0 Å². The number of nitrogens with zero attached hydrogens (tertiary/aromatic N) is 2. The van der Waals surface area contributed by atoms with Crippen molar-refractivity contribution in [2.24, 2.45) is 0 Å². The van der Waals surface area contributed by atoms with Crippen molar-refractivity contribution in [1.29, 1.82) is 10.5 Å². The minimum atomic E-state index is 0.00777. The van der Waals surface area contributed by atoms with Gasteiger partial charge in [0, 0.05) is 5.56 Å². The van der Waals surface area contributed by atoms with Crippen LogP contribution in [0, 0.1) is 22.7 Å². The minimum absolute atomic E-state index is 0.00777. The summed E-state index contributed by atoms with van der Waals surface area (Å²) < 4.78 is 0. The summed E-state index contributed by atoms with van der Waals surface area (Å²) >= 11 is 0. The molecule has 0 aliphatic carbocycles. The lowest BCUT2D eigenvalue weighted by Crippen LogP contribution is -2.03. The molecule has 1 rings (SSSR count). The molecule has 0 unspecified atom stereocenters. The number of hydrogen-bond acceptors (Lipinski definition) is 4. The first-order valence-corrected chi connectivity index (χ1v) is 5.21. The first-order valence-electron chi connectivity index (χ1n) is 5.21. The van der Waals surface area contributed by atoms with Crippen molar-refractivity contribution in [2.75, 3.05) is 11.5 Å². The van der Waals surface area contributed by atoms with Crippen LogP contribution < -0.4 is 11.5 Å². The molecular weight excluding hydrogens is 212 g/mol. The van der Waals surface area contributed by atoms with E-state index in [1.165, 1.54) is 6.08 Å². The predicted molar refractivity (Wildman–Crippen MR) is 68.6 cm³/mol. The number of nitrogen functional groups attached to an aromatic ring is 2. The summed E-state index contributed by atoms with van der Waals surface area (Å²) in [5.74, 6) is 0.279. The number of nitrogens with two attached hydrogens (primary N) is 2. The molecule has 0 aromatic heterocycles. The van der Waals surface area contributed by atoms with E-state index in [0.717, 1.165) is 5.56 Å². The maximum absolute atomic E-state index is 8.68. The van der Waals surface area contributed by atoms with E-state index < -0.39 is 0 Å². The van der Waals surface area contributed by atoms with E-state index in [1.807, 2.05) is 19.9 Å². The third kappa shape index (κ3) is 2.56. The fourth-order valence-corrected chi connectivity index (χ4v) is 1.54. The van der Waals surface area contributed by atoms with Crippen molar-refractivity contribution in [3.63, 3.8) is 0 Å². The van der Waals surface area contributed by atoms with Crippen molar-refractivity contribution in [3.8, 4) is 12.1 Å². The molecule has 0 spiro atoms. The largest absolute Gasteiger partial charge is 0.397 e. The van der Waals surface area contributed by atoms with Gasteiger partial charge in [0.2, 0.25) is 0 Å². The highest BCUT2D eigenvalue weighted by atomic mass is 14.7. The molecule has 4 heteroatoms. The standard InChI is InChI=1S/C13H14N4/c1-8(2)11-4-3-10(12(16)13(11)17)5-9(6-14)7-15/h3-5,8H,16-17H2,1-2H3. The SMILES string of the molecule is CC(C)c1ccc(C=C(C#N)C#N)c(N)c1N. The van der Waals surface area contributed by atoms with E-state index >= 15 is 0 Å². The molecule has 0 bridgehead atoms. The second-order valence-electron chi connectivity index (χ2n) is 4.01. The van der Waals surface area contributed by atoms with E-state index in [-0.39, 0.29) is 11.5 Å². The Hall–Kier alpha value is -2.46. The van der Waals surface area contributed by atoms with Gasteiger partial charge in [0.1, 0.15) is 17.7 Å². The molecule has 0 saturated heterocycles. The Kier molecular flexibility index (Phi) is 3.74. The summed E-state index contributed by atoms with van der Waals surface area (Å²) in [6.45, 7) is 4.05. The summed E-state index contributed by atoms with van der Waals surface area (Å²) in [5, 5.41) is 17.4. The smallest absolute Gasteiger partial charge is 0.130 e. The summed E-state index contributed by atoms with van der Waals surface area (Å²) in [4.78, 5) is 0. The molecule has 0 atom stereocenters. The second-order valence-corrected chi connectivity index (χ2v) is 4.01. The lowest BCUT2D eigenvalue weighted by Gasteiger charge is -2.13. The zero-order valence-corrected chi connectivity index (χ0v) is 9.86. The maximum Gasteiger partial charge on any atom is 0.130 e.